The summed E-state index contributed by atoms with van der Waals surface area (Å²) in [6.07, 6.45) is 4.53. The highest BCUT2D eigenvalue weighted by atomic mass is 15.1. The van der Waals surface area contributed by atoms with Gasteiger partial charge in [-0.25, -0.2) is 0 Å². The Morgan fingerprint density at radius 2 is 2.21 bits per heavy atom. The third kappa shape index (κ3) is 4.03. The average molecular weight is 265 g/mol. The van der Waals surface area contributed by atoms with Crippen LogP contribution < -0.4 is 5.32 Å². The van der Waals surface area contributed by atoms with Gasteiger partial charge in [0.25, 0.3) is 0 Å². The molecule has 0 bridgehead atoms. The summed E-state index contributed by atoms with van der Waals surface area (Å²) in [4.78, 5) is 4.75. The number of hydrogen-bond donors (Lipinski definition) is 2. The molecule has 5 heteroatoms. The summed E-state index contributed by atoms with van der Waals surface area (Å²) < 4.78 is 0. The predicted molar refractivity (Wildman–Crippen MR) is 78.3 cm³/mol. The largest absolute Gasteiger partial charge is 0.318 e. The lowest BCUT2D eigenvalue weighted by Crippen LogP contribution is -2.30. The summed E-state index contributed by atoms with van der Waals surface area (Å²) >= 11 is 0. The maximum Gasteiger partial charge on any atom is 0.0698 e. The Bertz CT molecular complexity index is 368. The number of H-pyrrole nitrogens is 1. The number of nitrogens with one attached hydrogen (secondary N) is 2. The molecule has 0 spiro atoms. The summed E-state index contributed by atoms with van der Waals surface area (Å²) in [5, 5.41) is 10.8. The highest BCUT2D eigenvalue weighted by Gasteiger charge is 2.23. The zero-order chi connectivity index (χ0) is 13.7. The van der Waals surface area contributed by atoms with Crippen molar-refractivity contribution in [1.82, 2.24) is 25.3 Å². The lowest BCUT2D eigenvalue weighted by molar-refractivity contribution is 0.251. The SMILES string of the molecule is CNCCN(C)Cc1c[nH]nc1C1CCN(C)CC1. The second-order valence-corrected chi connectivity index (χ2v) is 5.71. The van der Waals surface area contributed by atoms with E-state index in [1.807, 2.05) is 7.05 Å². The molecule has 108 valence electrons. The summed E-state index contributed by atoms with van der Waals surface area (Å²) in [6, 6.07) is 0. The Hall–Kier alpha value is -0.910. The molecular formula is C14H27N5. The minimum atomic E-state index is 0.634. The third-order valence-corrected chi connectivity index (χ3v) is 4.04. The van der Waals surface area contributed by atoms with Crippen molar-refractivity contribution in [2.75, 3.05) is 47.3 Å². The minimum Gasteiger partial charge on any atom is -0.318 e. The molecule has 1 aromatic heterocycles. The van der Waals surface area contributed by atoms with Crippen molar-refractivity contribution < 1.29 is 0 Å². The molecule has 1 saturated heterocycles. The predicted octanol–water partition coefficient (Wildman–Crippen LogP) is 0.870. The van der Waals surface area contributed by atoms with Gasteiger partial charge in [0.15, 0.2) is 0 Å². The number of rotatable bonds is 6. The van der Waals surface area contributed by atoms with Crippen LogP contribution in [0.1, 0.15) is 30.0 Å². The van der Waals surface area contributed by atoms with Gasteiger partial charge in [-0.1, -0.05) is 0 Å². The molecule has 0 amide bonds. The molecule has 2 rings (SSSR count). The molecule has 19 heavy (non-hydrogen) atoms. The maximum absolute atomic E-state index is 4.51. The first-order valence-corrected chi connectivity index (χ1v) is 7.25. The van der Waals surface area contributed by atoms with Crippen LogP contribution >= 0.6 is 0 Å². The smallest absolute Gasteiger partial charge is 0.0698 e. The van der Waals surface area contributed by atoms with E-state index in [-0.39, 0.29) is 0 Å². The molecule has 0 radical (unpaired) electrons. The quantitative estimate of drug-likeness (QED) is 0.801. The van der Waals surface area contributed by atoms with Crippen LogP contribution in [0.25, 0.3) is 0 Å². The van der Waals surface area contributed by atoms with Crippen LogP contribution in [0.3, 0.4) is 0 Å². The number of likely N-dealkylation sites (tertiary alicyclic amines) is 1. The molecule has 1 aliphatic rings. The van der Waals surface area contributed by atoms with Crippen molar-refractivity contribution in [3.8, 4) is 0 Å². The van der Waals surface area contributed by atoms with Crippen LogP contribution in [-0.4, -0.2) is 67.3 Å². The second kappa shape index (κ2) is 7.03. The first-order valence-electron chi connectivity index (χ1n) is 7.25. The van der Waals surface area contributed by atoms with Crippen LogP contribution in [0.15, 0.2) is 6.20 Å². The van der Waals surface area contributed by atoms with Crippen LogP contribution in [0, 0.1) is 0 Å². The Morgan fingerprint density at radius 1 is 1.47 bits per heavy atom. The van der Waals surface area contributed by atoms with E-state index in [9.17, 15) is 0 Å². The first-order chi connectivity index (χ1) is 9.20. The molecule has 0 saturated carbocycles. The fourth-order valence-electron chi connectivity index (χ4n) is 2.76. The zero-order valence-electron chi connectivity index (χ0n) is 12.4. The highest BCUT2D eigenvalue weighted by molar-refractivity contribution is 5.21. The first kappa shape index (κ1) is 14.5. The highest BCUT2D eigenvalue weighted by Crippen LogP contribution is 2.28. The topological polar surface area (TPSA) is 47.2 Å². The molecule has 5 nitrogen and oxygen atoms in total. The van der Waals surface area contributed by atoms with Gasteiger partial charge in [0, 0.05) is 37.3 Å². The molecule has 1 aromatic rings. The monoisotopic (exact) mass is 265 g/mol. The summed E-state index contributed by atoms with van der Waals surface area (Å²) in [5.74, 6) is 0.634. The van der Waals surface area contributed by atoms with Crippen molar-refractivity contribution in [1.29, 1.82) is 0 Å². The lowest BCUT2D eigenvalue weighted by Gasteiger charge is -2.28. The van der Waals surface area contributed by atoms with E-state index in [1.165, 1.54) is 37.2 Å². The molecule has 0 aliphatic carbocycles. The Balaban J connectivity index is 1.93. The Labute approximate surface area is 116 Å². The van der Waals surface area contributed by atoms with Gasteiger partial charge >= 0.3 is 0 Å². The summed E-state index contributed by atoms with van der Waals surface area (Å²) in [7, 11) is 6.37. The van der Waals surface area contributed by atoms with E-state index in [2.05, 4.69) is 45.6 Å². The molecular weight excluding hydrogens is 238 g/mol. The molecule has 2 heterocycles. The molecule has 2 N–H and O–H groups in total. The van der Waals surface area contributed by atoms with Gasteiger partial charge in [-0.05, 0) is 47.1 Å². The van der Waals surface area contributed by atoms with Crippen molar-refractivity contribution in [3.05, 3.63) is 17.5 Å². The standard InChI is InChI=1S/C14H27N5/c1-15-6-9-19(3)11-13-10-16-17-14(13)12-4-7-18(2)8-5-12/h10,12,15H,4-9,11H2,1-3H3,(H,16,17). The molecule has 0 aromatic carbocycles. The van der Waals surface area contributed by atoms with Crippen LogP contribution in [0.2, 0.25) is 0 Å². The Kier molecular flexibility index (Phi) is 5.36. The third-order valence-electron chi connectivity index (χ3n) is 4.04. The van der Waals surface area contributed by atoms with Crippen molar-refractivity contribution in [3.63, 3.8) is 0 Å². The number of piperidine rings is 1. The van der Waals surface area contributed by atoms with Crippen molar-refractivity contribution in [2.24, 2.45) is 0 Å². The van der Waals surface area contributed by atoms with Crippen LogP contribution in [0.5, 0.6) is 0 Å². The van der Waals surface area contributed by atoms with Gasteiger partial charge in [-0.3, -0.25) is 5.10 Å². The van der Waals surface area contributed by atoms with Crippen LogP contribution in [0.4, 0.5) is 0 Å². The molecule has 1 aliphatic heterocycles. The number of likely N-dealkylation sites (N-methyl/N-ethyl adjacent to an activating group) is 2. The normalized spacial score (nSPS) is 18.3. The van der Waals surface area contributed by atoms with Gasteiger partial charge in [-0.15, -0.1) is 0 Å². The number of aromatic nitrogens is 2. The average Bonchev–Trinajstić information content (AvgIpc) is 2.85. The van der Waals surface area contributed by atoms with Gasteiger partial charge in [-0.2, -0.15) is 5.10 Å². The molecule has 0 unspecified atom stereocenters. The number of hydrogen-bond acceptors (Lipinski definition) is 4. The van der Waals surface area contributed by atoms with Crippen molar-refractivity contribution in [2.45, 2.75) is 25.3 Å². The summed E-state index contributed by atoms with van der Waals surface area (Å²) in [5.41, 5.74) is 2.66. The second-order valence-electron chi connectivity index (χ2n) is 5.71. The van der Waals surface area contributed by atoms with Gasteiger partial charge in [0.2, 0.25) is 0 Å². The Morgan fingerprint density at radius 3 is 2.89 bits per heavy atom. The minimum absolute atomic E-state index is 0.634. The fraction of sp³-hybridized carbons (Fsp3) is 0.786. The molecule has 1 fully saturated rings. The lowest BCUT2D eigenvalue weighted by atomic mass is 9.91. The zero-order valence-corrected chi connectivity index (χ0v) is 12.4. The summed E-state index contributed by atoms with van der Waals surface area (Å²) in [6.45, 7) is 5.45. The van der Waals surface area contributed by atoms with Gasteiger partial charge in [0.1, 0.15) is 0 Å². The van der Waals surface area contributed by atoms with Gasteiger partial charge < -0.3 is 15.1 Å². The fourth-order valence-corrected chi connectivity index (χ4v) is 2.76. The molecule has 0 atom stereocenters. The van der Waals surface area contributed by atoms with Gasteiger partial charge in [0.05, 0.1) is 5.69 Å². The van der Waals surface area contributed by atoms with E-state index >= 15 is 0 Å². The number of nitrogens with zero attached hydrogens (tertiary/aromatic N) is 3. The van der Waals surface area contributed by atoms with E-state index in [0.29, 0.717) is 5.92 Å². The maximum atomic E-state index is 4.51. The van der Waals surface area contributed by atoms with Crippen LogP contribution in [-0.2, 0) is 6.54 Å². The van der Waals surface area contributed by atoms with E-state index < -0.39 is 0 Å². The van der Waals surface area contributed by atoms with E-state index in [1.54, 1.807) is 0 Å². The number of aromatic amines is 1. The van der Waals surface area contributed by atoms with E-state index in [0.717, 1.165) is 19.6 Å². The van der Waals surface area contributed by atoms with Crippen molar-refractivity contribution >= 4 is 0 Å². The van der Waals surface area contributed by atoms with E-state index in [4.69, 9.17) is 0 Å².